The number of fused-ring (bicyclic) bond motifs is 1. The topological polar surface area (TPSA) is 44.1 Å². The van der Waals surface area contributed by atoms with E-state index in [2.05, 4.69) is 16.5 Å². The number of aryl methyl sites for hydroxylation is 2. The smallest absolute Gasteiger partial charge is 0.308 e. The summed E-state index contributed by atoms with van der Waals surface area (Å²) in [7, 11) is 1.46. The summed E-state index contributed by atoms with van der Waals surface area (Å²) in [5, 5.41) is 0. The molecule has 2 heterocycles. The van der Waals surface area contributed by atoms with Gasteiger partial charge >= 0.3 is 5.97 Å². The van der Waals surface area contributed by atoms with Crippen LogP contribution < -0.4 is 0 Å². The minimum absolute atomic E-state index is 0.0383. The van der Waals surface area contributed by atoms with Gasteiger partial charge in [0.05, 0.1) is 13.0 Å². The highest BCUT2D eigenvalue weighted by Crippen LogP contribution is 2.22. The Balaban J connectivity index is 2.13. The lowest BCUT2D eigenvalue weighted by Gasteiger charge is -2.11. The van der Waals surface area contributed by atoms with E-state index in [4.69, 9.17) is 4.74 Å². The second-order valence-electron chi connectivity index (χ2n) is 4.22. The Hall–Kier alpha value is -1.32. The van der Waals surface area contributed by atoms with Crippen molar-refractivity contribution in [3.05, 3.63) is 17.7 Å². The van der Waals surface area contributed by atoms with E-state index in [-0.39, 0.29) is 11.9 Å². The monoisotopic (exact) mass is 222 g/mol. The number of hydrogen-bond acceptors (Lipinski definition) is 3. The predicted molar refractivity (Wildman–Crippen MR) is 60.0 cm³/mol. The molecule has 16 heavy (non-hydrogen) atoms. The van der Waals surface area contributed by atoms with E-state index in [9.17, 15) is 4.79 Å². The maximum atomic E-state index is 11.5. The number of carbonyl (C=O) groups excluding carboxylic acids is 1. The second kappa shape index (κ2) is 4.68. The van der Waals surface area contributed by atoms with Gasteiger partial charge in [0.25, 0.3) is 0 Å². The zero-order chi connectivity index (χ0) is 11.5. The fourth-order valence-electron chi connectivity index (χ4n) is 2.34. The molecular weight excluding hydrogens is 204 g/mol. The van der Waals surface area contributed by atoms with Gasteiger partial charge in [-0.15, -0.1) is 0 Å². The Morgan fingerprint density at radius 2 is 2.44 bits per heavy atom. The first-order valence-electron chi connectivity index (χ1n) is 5.87. The maximum Gasteiger partial charge on any atom is 0.308 e. The van der Waals surface area contributed by atoms with Crippen molar-refractivity contribution in [3.8, 4) is 0 Å². The average Bonchev–Trinajstić information content (AvgIpc) is 2.59. The van der Waals surface area contributed by atoms with Crippen molar-refractivity contribution >= 4 is 5.97 Å². The fourth-order valence-corrected chi connectivity index (χ4v) is 2.34. The van der Waals surface area contributed by atoms with Gasteiger partial charge in [-0.2, -0.15) is 0 Å². The van der Waals surface area contributed by atoms with Crippen LogP contribution in [0.3, 0.4) is 0 Å². The van der Waals surface area contributed by atoms with Crippen molar-refractivity contribution in [1.82, 2.24) is 9.55 Å². The van der Waals surface area contributed by atoms with Crippen LogP contribution in [0.25, 0.3) is 0 Å². The molecule has 1 aliphatic heterocycles. The molecule has 0 aromatic carbocycles. The summed E-state index contributed by atoms with van der Waals surface area (Å²) < 4.78 is 7.06. The number of hydrogen-bond donors (Lipinski definition) is 0. The van der Waals surface area contributed by atoms with Crippen molar-refractivity contribution in [2.24, 2.45) is 5.92 Å². The van der Waals surface area contributed by atoms with Crippen molar-refractivity contribution in [2.75, 3.05) is 7.11 Å². The minimum Gasteiger partial charge on any atom is -0.469 e. The Morgan fingerprint density at radius 1 is 1.62 bits per heavy atom. The molecule has 2 rings (SSSR count). The van der Waals surface area contributed by atoms with Crippen LogP contribution in [0.1, 0.15) is 31.3 Å². The van der Waals surface area contributed by atoms with Gasteiger partial charge < -0.3 is 9.30 Å². The van der Waals surface area contributed by atoms with Crippen LogP contribution in [0.4, 0.5) is 0 Å². The molecule has 0 unspecified atom stereocenters. The van der Waals surface area contributed by atoms with Gasteiger partial charge in [-0.25, -0.2) is 4.98 Å². The van der Waals surface area contributed by atoms with Crippen molar-refractivity contribution in [2.45, 2.75) is 39.2 Å². The normalized spacial score (nSPS) is 20.0. The Morgan fingerprint density at radius 3 is 3.12 bits per heavy atom. The van der Waals surface area contributed by atoms with Gasteiger partial charge in [-0.3, -0.25) is 4.79 Å². The quantitative estimate of drug-likeness (QED) is 0.713. The van der Waals surface area contributed by atoms with Gasteiger partial charge in [0.2, 0.25) is 0 Å². The lowest BCUT2D eigenvalue weighted by atomic mass is 10.0. The van der Waals surface area contributed by atoms with E-state index < -0.39 is 0 Å². The first-order chi connectivity index (χ1) is 7.76. The Labute approximate surface area is 95.6 Å². The van der Waals surface area contributed by atoms with E-state index in [1.54, 1.807) is 0 Å². The highest BCUT2D eigenvalue weighted by molar-refractivity contribution is 5.72. The molecule has 0 radical (unpaired) electrons. The number of aromatic nitrogens is 2. The maximum absolute atomic E-state index is 11.5. The fraction of sp³-hybridized carbons (Fsp3) is 0.667. The molecule has 0 fully saturated rings. The molecule has 4 heteroatoms. The third kappa shape index (κ3) is 1.96. The van der Waals surface area contributed by atoms with Gasteiger partial charge in [-0.1, -0.05) is 6.92 Å². The summed E-state index contributed by atoms with van der Waals surface area (Å²) in [6.07, 6.45) is 5.54. The number of methoxy groups -OCH3 is 1. The van der Waals surface area contributed by atoms with Gasteiger partial charge in [-0.05, 0) is 19.3 Å². The molecule has 0 spiro atoms. The predicted octanol–water partition coefficient (Wildman–Crippen LogP) is 1.57. The highest BCUT2D eigenvalue weighted by atomic mass is 16.5. The van der Waals surface area contributed by atoms with Crippen molar-refractivity contribution in [1.29, 1.82) is 0 Å². The molecule has 4 nitrogen and oxygen atoms in total. The van der Waals surface area contributed by atoms with Gasteiger partial charge in [0.15, 0.2) is 0 Å². The van der Waals surface area contributed by atoms with Crippen molar-refractivity contribution < 1.29 is 9.53 Å². The van der Waals surface area contributed by atoms with E-state index in [1.165, 1.54) is 12.8 Å². The van der Waals surface area contributed by atoms with Crippen LogP contribution in [0.15, 0.2) is 6.20 Å². The van der Waals surface area contributed by atoms with Crippen LogP contribution >= 0.6 is 0 Å². The van der Waals surface area contributed by atoms with Crippen LogP contribution in [0, 0.1) is 5.92 Å². The largest absolute Gasteiger partial charge is 0.469 e. The van der Waals surface area contributed by atoms with E-state index in [0.717, 1.165) is 38.1 Å². The summed E-state index contributed by atoms with van der Waals surface area (Å²) in [5.41, 5.74) is 1.26. The van der Waals surface area contributed by atoms with Gasteiger partial charge in [0.1, 0.15) is 5.82 Å². The average molecular weight is 222 g/mol. The number of imidazole rings is 1. The van der Waals surface area contributed by atoms with Crippen LogP contribution in [0.5, 0.6) is 0 Å². The Bertz CT molecular complexity index is 384. The van der Waals surface area contributed by atoms with Crippen LogP contribution in [-0.4, -0.2) is 22.6 Å². The second-order valence-corrected chi connectivity index (χ2v) is 4.22. The van der Waals surface area contributed by atoms with E-state index in [1.807, 2.05) is 6.20 Å². The number of rotatable bonds is 2. The molecule has 1 aliphatic rings. The third-order valence-electron chi connectivity index (χ3n) is 3.34. The summed E-state index contributed by atoms with van der Waals surface area (Å²) in [5.74, 6) is 1.07. The van der Waals surface area contributed by atoms with E-state index in [0.29, 0.717) is 0 Å². The highest BCUT2D eigenvalue weighted by Gasteiger charge is 2.24. The zero-order valence-corrected chi connectivity index (χ0v) is 9.90. The molecule has 1 aromatic rings. The zero-order valence-electron chi connectivity index (χ0n) is 9.90. The number of esters is 1. The third-order valence-corrected chi connectivity index (χ3v) is 3.34. The number of carbonyl (C=O) groups is 1. The summed E-state index contributed by atoms with van der Waals surface area (Å²) in [6, 6.07) is 0. The van der Waals surface area contributed by atoms with Crippen molar-refractivity contribution in [3.63, 3.8) is 0 Å². The van der Waals surface area contributed by atoms with Gasteiger partial charge in [0, 0.05) is 24.9 Å². The number of nitrogens with zero attached hydrogens (tertiary/aromatic N) is 2. The molecule has 0 aliphatic carbocycles. The standard InChI is InChI=1S/C12H18N2O2/c1-3-10-8-13-11-5-4-9(12(15)16-2)6-7-14(10)11/h8-9H,3-7H2,1-2H3/t9-/m0/s1. The molecule has 1 atom stereocenters. The number of ether oxygens (including phenoxy) is 1. The summed E-state index contributed by atoms with van der Waals surface area (Å²) >= 11 is 0. The van der Waals surface area contributed by atoms with E-state index >= 15 is 0 Å². The summed E-state index contributed by atoms with van der Waals surface area (Å²) in [4.78, 5) is 15.9. The summed E-state index contributed by atoms with van der Waals surface area (Å²) in [6.45, 7) is 3.02. The molecule has 88 valence electrons. The van der Waals surface area contributed by atoms with Crippen LogP contribution in [0.2, 0.25) is 0 Å². The SMILES string of the molecule is CCc1cnc2n1CC[C@@H](C(=O)OC)CC2. The lowest BCUT2D eigenvalue weighted by molar-refractivity contribution is -0.145. The first kappa shape index (κ1) is 11.2. The lowest BCUT2D eigenvalue weighted by Crippen LogP contribution is -2.16. The Kier molecular flexibility index (Phi) is 3.27. The molecule has 0 saturated heterocycles. The molecular formula is C12H18N2O2. The molecule has 0 bridgehead atoms. The molecule has 0 N–H and O–H groups in total. The first-order valence-corrected chi connectivity index (χ1v) is 5.87. The molecule has 1 aromatic heterocycles. The van der Waals surface area contributed by atoms with Crippen LogP contribution in [-0.2, 0) is 28.9 Å². The molecule has 0 amide bonds. The molecule has 0 saturated carbocycles. The minimum atomic E-state index is -0.0798.